The molecule has 0 unspecified atom stereocenters. The van der Waals surface area contributed by atoms with E-state index in [-0.39, 0.29) is 16.9 Å². The van der Waals surface area contributed by atoms with E-state index in [0.717, 1.165) is 6.26 Å². The van der Waals surface area contributed by atoms with Gasteiger partial charge in [0.2, 0.25) is 6.29 Å². The van der Waals surface area contributed by atoms with Crippen molar-refractivity contribution in [2.45, 2.75) is 55.6 Å². The average molecular weight is 420 g/mol. The van der Waals surface area contributed by atoms with Crippen molar-refractivity contribution in [2.24, 2.45) is 0 Å². The second-order valence-corrected chi connectivity index (χ2v) is 7.01. The number of aliphatic hydroxyl groups excluding tert-OH is 5. The lowest BCUT2D eigenvalue weighted by Crippen LogP contribution is -2.62. The van der Waals surface area contributed by atoms with E-state index >= 15 is 0 Å². The summed E-state index contributed by atoms with van der Waals surface area (Å²) in [5.74, 6) is -0.240. The lowest BCUT2D eigenvalue weighted by Gasteiger charge is -2.42. The number of hydrogen-bond donors (Lipinski definition) is 6. The predicted molar refractivity (Wildman–Crippen MR) is 90.8 cm³/mol. The van der Waals surface area contributed by atoms with Gasteiger partial charge in [-0.2, -0.15) is 0 Å². The SMILES string of the molecule is Cc1c(O[C@H]2O[C@H](CO)[C@@H](O)[C@H](O)[C@H]2O[C@@H]2OC[C@](O)(CO)[C@H]2O)occc1=O. The van der Waals surface area contributed by atoms with Crippen molar-refractivity contribution in [3.05, 3.63) is 28.1 Å². The van der Waals surface area contributed by atoms with Gasteiger partial charge in [-0.15, -0.1) is 0 Å². The van der Waals surface area contributed by atoms with Crippen molar-refractivity contribution in [3.8, 4) is 5.95 Å². The van der Waals surface area contributed by atoms with Gasteiger partial charge < -0.3 is 54.0 Å². The molecule has 0 spiro atoms. The van der Waals surface area contributed by atoms with Gasteiger partial charge in [-0.05, 0) is 6.92 Å². The van der Waals surface area contributed by atoms with E-state index in [1.807, 2.05) is 0 Å². The molecular weight excluding hydrogens is 396 g/mol. The Kier molecular flexibility index (Phi) is 6.57. The first-order valence-electron chi connectivity index (χ1n) is 8.87. The van der Waals surface area contributed by atoms with E-state index in [1.54, 1.807) is 0 Å². The van der Waals surface area contributed by atoms with Crippen LogP contribution in [-0.2, 0) is 14.2 Å². The first-order valence-corrected chi connectivity index (χ1v) is 8.87. The molecule has 0 radical (unpaired) electrons. The summed E-state index contributed by atoms with van der Waals surface area (Å²) in [5, 5.41) is 59.4. The number of ether oxygens (including phenoxy) is 4. The van der Waals surface area contributed by atoms with Crippen molar-refractivity contribution >= 4 is 0 Å². The van der Waals surface area contributed by atoms with Crippen LogP contribution in [-0.4, -0.2) is 99.2 Å². The molecule has 0 aliphatic carbocycles. The minimum Gasteiger partial charge on any atom is -0.434 e. The van der Waals surface area contributed by atoms with Gasteiger partial charge in [-0.3, -0.25) is 4.79 Å². The summed E-state index contributed by atoms with van der Waals surface area (Å²) < 4.78 is 26.7. The molecule has 3 heterocycles. The molecule has 164 valence electrons. The molecule has 6 N–H and O–H groups in total. The van der Waals surface area contributed by atoms with Gasteiger partial charge in [-0.1, -0.05) is 0 Å². The molecule has 0 saturated carbocycles. The molecule has 29 heavy (non-hydrogen) atoms. The van der Waals surface area contributed by atoms with Crippen LogP contribution in [0.1, 0.15) is 5.56 Å². The van der Waals surface area contributed by atoms with Crippen LogP contribution in [0.2, 0.25) is 0 Å². The maximum Gasteiger partial charge on any atom is 0.293 e. The fourth-order valence-corrected chi connectivity index (χ4v) is 3.05. The lowest BCUT2D eigenvalue weighted by molar-refractivity contribution is -0.320. The first-order chi connectivity index (χ1) is 13.7. The Morgan fingerprint density at radius 1 is 1.21 bits per heavy atom. The highest BCUT2D eigenvalue weighted by atomic mass is 16.8. The van der Waals surface area contributed by atoms with Gasteiger partial charge in [0.1, 0.15) is 30.0 Å². The molecule has 12 nitrogen and oxygen atoms in total. The van der Waals surface area contributed by atoms with E-state index in [1.165, 1.54) is 13.0 Å². The number of rotatable bonds is 6. The van der Waals surface area contributed by atoms with Crippen molar-refractivity contribution in [3.63, 3.8) is 0 Å². The zero-order chi connectivity index (χ0) is 21.3. The molecule has 0 amide bonds. The van der Waals surface area contributed by atoms with Gasteiger partial charge in [0.05, 0.1) is 31.6 Å². The Hall–Kier alpha value is -1.61. The Morgan fingerprint density at radius 2 is 1.93 bits per heavy atom. The van der Waals surface area contributed by atoms with Gasteiger partial charge in [0, 0.05) is 6.07 Å². The fourth-order valence-electron chi connectivity index (χ4n) is 3.05. The van der Waals surface area contributed by atoms with Crippen LogP contribution in [0.5, 0.6) is 5.95 Å². The predicted octanol–water partition coefficient (Wildman–Crippen LogP) is -3.41. The monoisotopic (exact) mass is 420 g/mol. The Bertz CT molecular complexity index is 752. The highest BCUT2D eigenvalue weighted by Gasteiger charge is 2.53. The fraction of sp³-hybridized carbons (Fsp3) is 0.706. The quantitative estimate of drug-likeness (QED) is 0.268. The van der Waals surface area contributed by atoms with Crippen LogP contribution >= 0.6 is 0 Å². The van der Waals surface area contributed by atoms with Crippen molar-refractivity contribution in [2.75, 3.05) is 19.8 Å². The molecule has 2 saturated heterocycles. The molecule has 1 aromatic heterocycles. The minimum absolute atomic E-state index is 0.0998. The van der Waals surface area contributed by atoms with E-state index < -0.39 is 68.5 Å². The maximum atomic E-state index is 11.8. The summed E-state index contributed by atoms with van der Waals surface area (Å²) >= 11 is 0. The second kappa shape index (κ2) is 8.63. The molecule has 0 bridgehead atoms. The van der Waals surface area contributed by atoms with Crippen LogP contribution in [0.3, 0.4) is 0 Å². The summed E-state index contributed by atoms with van der Waals surface area (Å²) in [4.78, 5) is 11.8. The smallest absolute Gasteiger partial charge is 0.293 e. The molecule has 2 aliphatic rings. The molecule has 2 fully saturated rings. The van der Waals surface area contributed by atoms with Gasteiger partial charge in [0.25, 0.3) is 5.95 Å². The highest BCUT2D eigenvalue weighted by molar-refractivity contribution is 5.20. The zero-order valence-corrected chi connectivity index (χ0v) is 15.5. The third-order valence-corrected chi connectivity index (χ3v) is 4.99. The Balaban J connectivity index is 1.84. The molecular formula is C17H24O12. The minimum atomic E-state index is -1.98. The Labute approximate surface area is 164 Å². The van der Waals surface area contributed by atoms with E-state index in [2.05, 4.69) is 0 Å². The molecule has 0 aromatic carbocycles. The third kappa shape index (κ3) is 4.17. The molecule has 1 aromatic rings. The van der Waals surface area contributed by atoms with Crippen molar-refractivity contribution in [1.29, 1.82) is 0 Å². The topological polar surface area (TPSA) is 189 Å². The average Bonchev–Trinajstić information content (AvgIpc) is 2.99. The van der Waals surface area contributed by atoms with E-state index in [0.29, 0.717) is 0 Å². The van der Waals surface area contributed by atoms with Crippen LogP contribution in [0, 0.1) is 6.92 Å². The van der Waals surface area contributed by atoms with Crippen LogP contribution in [0.15, 0.2) is 21.5 Å². The van der Waals surface area contributed by atoms with Crippen molar-refractivity contribution < 1.29 is 54.0 Å². The summed E-state index contributed by atoms with van der Waals surface area (Å²) in [7, 11) is 0. The lowest BCUT2D eigenvalue weighted by atomic mass is 9.98. The molecule has 12 heteroatoms. The maximum absolute atomic E-state index is 11.8. The second-order valence-electron chi connectivity index (χ2n) is 7.01. The van der Waals surface area contributed by atoms with Crippen LogP contribution in [0.4, 0.5) is 0 Å². The normalized spacial score (nSPS) is 40.2. The summed E-state index contributed by atoms with van der Waals surface area (Å²) in [6, 6.07) is 1.17. The molecule has 8 atom stereocenters. The number of aliphatic hydroxyl groups is 6. The van der Waals surface area contributed by atoms with E-state index in [4.69, 9.17) is 23.4 Å². The van der Waals surface area contributed by atoms with Gasteiger partial charge in [-0.25, -0.2) is 0 Å². The summed E-state index contributed by atoms with van der Waals surface area (Å²) in [5.41, 5.74) is -2.26. The largest absolute Gasteiger partial charge is 0.434 e. The van der Waals surface area contributed by atoms with Gasteiger partial charge in [0.15, 0.2) is 17.8 Å². The molecule has 3 rings (SSSR count). The molecule has 2 aliphatic heterocycles. The van der Waals surface area contributed by atoms with E-state index in [9.17, 15) is 35.4 Å². The van der Waals surface area contributed by atoms with Crippen LogP contribution in [0.25, 0.3) is 0 Å². The standard InChI is InChI=1S/C17H24O12/c1-7-8(20)2-3-25-14(7)29-15-12(11(22)10(21)9(4-18)27-15)28-16-13(23)17(24,5-19)6-26-16/h2-3,9-13,15-16,18-19,21-24H,4-6H2,1H3/t9-,10-,11+,12-,13+,15-,16+,17-/m1/s1. The highest BCUT2D eigenvalue weighted by Crippen LogP contribution is 2.32. The zero-order valence-electron chi connectivity index (χ0n) is 15.5. The first kappa shape index (κ1) is 22.1. The summed E-state index contributed by atoms with van der Waals surface area (Å²) in [6.07, 6.45) is -9.55. The van der Waals surface area contributed by atoms with Gasteiger partial charge >= 0.3 is 0 Å². The summed E-state index contributed by atoms with van der Waals surface area (Å²) in [6.45, 7) is -0.477. The Morgan fingerprint density at radius 3 is 2.55 bits per heavy atom. The van der Waals surface area contributed by atoms with Crippen LogP contribution < -0.4 is 10.2 Å². The third-order valence-electron chi connectivity index (χ3n) is 4.99. The number of hydrogen-bond acceptors (Lipinski definition) is 12. The van der Waals surface area contributed by atoms with Crippen molar-refractivity contribution in [1.82, 2.24) is 0 Å².